The molecule has 9 rings (SSSR count). The Morgan fingerprint density at radius 2 is 0.403 bits per heavy atom. The van der Waals surface area contributed by atoms with Crippen LogP contribution < -0.4 is 56.8 Å². The monoisotopic (exact) mass is 1760 g/mol. The third-order valence-electron chi connectivity index (χ3n) is 24.1. The van der Waals surface area contributed by atoms with Crippen LogP contribution in [0.2, 0.25) is 0 Å². The summed E-state index contributed by atoms with van der Waals surface area (Å²) < 4.78 is 80.2. The third kappa shape index (κ3) is 43.2. The molecule has 0 amide bonds. The first-order valence-corrected chi connectivity index (χ1v) is 50.5. The molecular formula is C116H160O13. The number of hydrogen-bond acceptors (Lipinski definition) is 13. The predicted octanol–water partition coefficient (Wildman–Crippen LogP) is 32.7. The van der Waals surface area contributed by atoms with Gasteiger partial charge in [0.05, 0.1) is 26.4 Å². The maximum atomic E-state index is 13.5. The molecule has 0 atom stereocenters. The molecule has 0 radical (unpaired) electrons. The van der Waals surface area contributed by atoms with Crippen molar-refractivity contribution in [3.63, 3.8) is 0 Å². The minimum atomic E-state index is 0.0874. The minimum absolute atomic E-state index is 0.0874. The van der Waals surface area contributed by atoms with E-state index in [4.69, 9.17) is 56.8 Å². The quantitative estimate of drug-likeness (QED) is 0.0336. The third-order valence-corrected chi connectivity index (χ3v) is 24.1. The van der Waals surface area contributed by atoms with E-state index in [1.165, 1.54) is 231 Å². The highest BCUT2D eigenvalue weighted by Crippen LogP contribution is 2.44. The zero-order valence-electron chi connectivity index (χ0n) is 80.4. The van der Waals surface area contributed by atoms with Gasteiger partial charge in [-0.1, -0.05) is 374 Å². The van der Waals surface area contributed by atoms with E-state index in [2.05, 4.69) is 139 Å². The molecule has 0 aromatic heterocycles. The molecule has 0 aliphatic rings. The molecule has 0 bridgehead atoms. The van der Waals surface area contributed by atoms with Crippen LogP contribution in [-0.2, 0) is 64.1 Å². The van der Waals surface area contributed by atoms with E-state index in [0.29, 0.717) is 78.8 Å². The Hall–Kier alpha value is -9.75. The second-order valence-electron chi connectivity index (χ2n) is 35.7. The highest BCUT2D eigenvalue weighted by Gasteiger charge is 2.22. The van der Waals surface area contributed by atoms with Crippen molar-refractivity contribution in [1.29, 1.82) is 0 Å². The van der Waals surface area contributed by atoms with Gasteiger partial charge in [0.2, 0.25) is 11.5 Å². The van der Waals surface area contributed by atoms with Crippen LogP contribution in [0.15, 0.2) is 188 Å². The molecule has 0 aliphatic heterocycles. The topological polar surface area (TPSA) is 128 Å². The van der Waals surface area contributed by atoms with Gasteiger partial charge in [0.1, 0.15) is 93.1 Å². The van der Waals surface area contributed by atoms with Crippen molar-refractivity contribution >= 4 is 5.78 Å². The molecule has 0 spiro atoms. The summed E-state index contributed by atoms with van der Waals surface area (Å²) in [5.41, 5.74) is 10.5. The highest BCUT2D eigenvalue weighted by atomic mass is 16.6. The van der Waals surface area contributed by atoms with E-state index in [1.807, 2.05) is 97.9 Å². The Morgan fingerprint density at radius 3 is 0.636 bits per heavy atom. The first-order valence-electron chi connectivity index (χ1n) is 50.5. The van der Waals surface area contributed by atoms with Gasteiger partial charge in [-0.3, -0.25) is 4.79 Å². The molecule has 0 aliphatic carbocycles. The van der Waals surface area contributed by atoms with Crippen LogP contribution in [0, 0.1) is 13.8 Å². The van der Waals surface area contributed by atoms with Crippen molar-refractivity contribution in [2.75, 3.05) is 26.4 Å². The first-order chi connectivity index (χ1) is 63.5. The molecule has 129 heavy (non-hydrogen) atoms. The lowest BCUT2D eigenvalue weighted by Crippen LogP contribution is -2.07. The molecule has 0 N–H and O–H groups in total. The largest absolute Gasteiger partial charge is 0.494 e. The lowest BCUT2D eigenvalue weighted by molar-refractivity contribution is -0.118. The molecule has 0 saturated heterocycles. The Kier molecular flexibility index (Phi) is 51.2. The predicted molar refractivity (Wildman–Crippen MR) is 530 cm³/mol. The van der Waals surface area contributed by atoms with Gasteiger partial charge in [-0.05, 0) is 175 Å². The number of ketones is 1. The number of aryl methyl sites for hydroxylation is 2. The van der Waals surface area contributed by atoms with Gasteiger partial charge in [0, 0.05) is 18.9 Å². The molecule has 702 valence electrons. The Morgan fingerprint density at radius 1 is 0.194 bits per heavy atom. The number of unbranched alkanes of at least 4 members (excludes halogenated alkanes) is 36. The molecular weight excluding hydrogens is 1600 g/mol. The molecule has 0 fully saturated rings. The Bertz CT molecular complexity index is 4130. The molecule has 0 saturated carbocycles. The van der Waals surface area contributed by atoms with Gasteiger partial charge < -0.3 is 56.8 Å². The maximum absolute atomic E-state index is 13.5. The molecule has 0 heterocycles. The summed E-state index contributed by atoms with van der Waals surface area (Å²) >= 11 is 0. The van der Waals surface area contributed by atoms with Crippen molar-refractivity contribution in [2.45, 2.75) is 371 Å². The normalized spacial score (nSPS) is 11.2. The molecule has 9 aromatic rings. The highest BCUT2D eigenvalue weighted by molar-refractivity contribution is 5.80. The lowest BCUT2D eigenvalue weighted by atomic mass is 10.1. The average molecular weight is 1760 g/mol. The van der Waals surface area contributed by atoms with Gasteiger partial charge in [-0.25, -0.2) is 0 Å². The Labute approximate surface area is 778 Å². The van der Waals surface area contributed by atoms with E-state index >= 15 is 0 Å². The number of Topliss-reactive ketones (excluding diaryl/α,β-unsaturated/α-hetero) is 1. The molecule has 9 aromatic carbocycles. The zero-order chi connectivity index (χ0) is 90.4. The fourth-order valence-corrected chi connectivity index (χ4v) is 15.9. The van der Waals surface area contributed by atoms with Crippen LogP contribution in [0.1, 0.15) is 359 Å². The van der Waals surface area contributed by atoms with E-state index in [1.54, 1.807) is 0 Å². The number of rotatable bonds is 75. The maximum Gasteiger partial charge on any atom is 0.203 e. The van der Waals surface area contributed by atoms with E-state index in [-0.39, 0.29) is 65.1 Å². The van der Waals surface area contributed by atoms with Crippen molar-refractivity contribution < 1.29 is 61.6 Å². The molecule has 0 unspecified atom stereocenters. The SMILES string of the molecule is CCCCCCCCCCCCOc1ccc(COc2cc(COc3cc(CC(=O)CC)cc(OCc4cc(OCc5ccc(C)cc5)c(OCc5ccc(OCCCCCCCCCCCC)cc5)c(OCc5ccc(OCCCCCCCCCCCC)cc5)c4)c3)cc(OCc3ccc(C)cc3)c2OCc2ccc(OCCCCCCCCCCCC)cc2)cc1. The van der Waals surface area contributed by atoms with Crippen molar-refractivity contribution in [1.82, 2.24) is 0 Å². The average Bonchev–Trinajstić information content (AvgIpc) is 0.814. The van der Waals surface area contributed by atoms with Gasteiger partial charge in [-0.2, -0.15) is 0 Å². The van der Waals surface area contributed by atoms with E-state index < -0.39 is 0 Å². The number of hydrogen-bond donors (Lipinski definition) is 0. The van der Waals surface area contributed by atoms with Crippen LogP contribution >= 0.6 is 0 Å². The van der Waals surface area contributed by atoms with E-state index in [9.17, 15) is 4.79 Å². The molecule has 13 heteroatoms. The minimum Gasteiger partial charge on any atom is -0.494 e. The van der Waals surface area contributed by atoms with Gasteiger partial charge in [-0.15, -0.1) is 0 Å². The summed E-state index contributed by atoms with van der Waals surface area (Å²) in [7, 11) is 0. The van der Waals surface area contributed by atoms with Crippen LogP contribution in [0.25, 0.3) is 0 Å². The number of carbonyl (C=O) groups is 1. The smallest absolute Gasteiger partial charge is 0.203 e. The van der Waals surface area contributed by atoms with Gasteiger partial charge >= 0.3 is 0 Å². The van der Waals surface area contributed by atoms with Crippen molar-refractivity contribution in [3.05, 3.63) is 249 Å². The van der Waals surface area contributed by atoms with Crippen LogP contribution in [0.5, 0.6) is 69.0 Å². The zero-order valence-corrected chi connectivity index (χ0v) is 80.4. The second-order valence-corrected chi connectivity index (χ2v) is 35.7. The summed E-state index contributed by atoms with van der Waals surface area (Å²) in [5.74, 6) is 7.40. The van der Waals surface area contributed by atoms with Gasteiger partial charge in [0.25, 0.3) is 0 Å². The van der Waals surface area contributed by atoms with Crippen LogP contribution in [0.4, 0.5) is 0 Å². The summed E-state index contributed by atoms with van der Waals surface area (Å²) in [6, 6.07) is 63.1. The standard InChI is InChI=1S/C116H160O13/c1-8-13-17-21-25-29-33-37-41-45-73-118-105-65-57-97(58-66-105)87-126-113-82-102(80-111(124-85-95-53-49-93(6)50-54-95)115(113)128-89-99-61-69-107(70-62-99)120-75-47-43-39-35-31-27-23-19-15-10-3)91-122-109-78-101(77-104(117)12-5)79-110(84-109)123-92-103-81-112(125-86-96-55-51-94(7)52-56-96)116(129-90-100-63-71-108(72-64-100)121-76-48-44-40-36-32-28-24-20-16-11-4)114(83-103)127-88-98-59-67-106(68-60-98)119-74-46-42-38-34-30-26-22-18-14-9-2/h49-72,78-84H,8-48,73-77,85-92H2,1-7H3. The first kappa shape index (κ1) is 103. The summed E-state index contributed by atoms with van der Waals surface area (Å²) in [5, 5.41) is 0. The lowest BCUT2D eigenvalue weighted by Gasteiger charge is -2.20. The summed E-state index contributed by atoms with van der Waals surface area (Å²) in [6.07, 6.45) is 51.7. The number of benzene rings is 9. The van der Waals surface area contributed by atoms with Crippen molar-refractivity contribution in [3.8, 4) is 69.0 Å². The van der Waals surface area contributed by atoms with Crippen LogP contribution in [-0.4, -0.2) is 32.2 Å². The summed E-state index contributed by atoms with van der Waals surface area (Å²) in [4.78, 5) is 13.5. The van der Waals surface area contributed by atoms with E-state index in [0.717, 1.165) is 110 Å². The van der Waals surface area contributed by atoms with Crippen molar-refractivity contribution in [2.24, 2.45) is 0 Å². The number of carbonyl (C=O) groups excluding carboxylic acids is 1. The molecule has 13 nitrogen and oxygen atoms in total. The Balaban J connectivity index is 0.950. The summed E-state index contributed by atoms with van der Waals surface area (Å²) in [6.45, 7) is 19.6. The van der Waals surface area contributed by atoms with Gasteiger partial charge in [0.15, 0.2) is 23.0 Å². The second kappa shape index (κ2) is 64.1. The number of ether oxygens (including phenoxy) is 12. The fourth-order valence-electron chi connectivity index (χ4n) is 15.9. The fraction of sp³-hybridized carbons (Fsp3) is 0.526. The van der Waals surface area contributed by atoms with Crippen LogP contribution in [0.3, 0.4) is 0 Å².